The van der Waals surface area contributed by atoms with Crippen LogP contribution in [0.5, 0.6) is 0 Å². The lowest BCUT2D eigenvalue weighted by atomic mass is 9.89. The molecule has 0 radical (unpaired) electrons. The molecule has 0 saturated heterocycles. The van der Waals surface area contributed by atoms with E-state index in [-0.39, 0.29) is 0 Å². The summed E-state index contributed by atoms with van der Waals surface area (Å²) in [7, 11) is 0. The molecule has 0 unspecified atom stereocenters. The number of para-hydroxylation sites is 2. The quantitative estimate of drug-likeness (QED) is 0.194. The number of rotatable bonds is 5. The van der Waals surface area contributed by atoms with Crippen LogP contribution in [-0.4, -0.2) is 0 Å². The van der Waals surface area contributed by atoms with Crippen LogP contribution in [0.4, 0.5) is 17.1 Å². The zero-order valence-corrected chi connectivity index (χ0v) is 23.7. The first-order valence-corrected chi connectivity index (χ1v) is 14.8. The molecule has 0 aliphatic heterocycles. The van der Waals surface area contributed by atoms with E-state index >= 15 is 0 Å². The maximum atomic E-state index is 2.39. The van der Waals surface area contributed by atoms with Gasteiger partial charge in [0.05, 0.1) is 0 Å². The summed E-state index contributed by atoms with van der Waals surface area (Å²) in [6.45, 7) is 0. The Morgan fingerprint density at radius 2 is 0.721 bits per heavy atom. The van der Waals surface area contributed by atoms with E-state index in [1.807, 2.05) is 0 Å². The van der Waals surface area contributed by atoms with Gasteiger partial charge in [0, 0.05) is 17.1 Å². The van der Waals surface area contributed by atoms with Gasteiger partial charge in [-0.25, -0.2) is 0 Å². The molecule has 8 aromatic carbocycles. The first-order valence-electron chi connectivity index (χ1n) is 14.8. The molecule has 8 aromatic rings. The van der Waals surface area contributed by atoms with Crippen LogP contribution in [0.25, 0.3) is 54.6 Å². The molecule has 0 aromatic heterocycles. The van der Waals surface area contributed by atoms with Gasteiger partial charge in [0.25, 0.3) is 0 Å². The van der Waals surface area contributed by atoms with E-state index in [1.54, 1.807) is 0 Å². The molecule has 1 nitrogen and oxygen atoms in total. The highest BCUT2D eigenvalue weighted by Crippen LogP contribution is 2.42. The Balaban J connectivity index is 1.37. The number of anilines is 3. The third-order valence-electron chi connectivity index (χ3n) is 8.43. The molecule has 0 atom stereocenters. The summed E-state index contributed by atoms with van der Waals surface area (Å²) in [6.07, 6.45) is 0. The molecule has 0 saturated carbocycles. The van der Waals surface area contributed by atoms with Crippen LogP contribution in [-0.2, 0) is 0 Å². The van der Waals surface area contributed by atoms with Crippen LogP contribution in [0.2, 0.25) is 0 Å². The molecular weight excluding hydrogens is 518 g/mol. The molecular formula is C42H29N. The molecule has 0 N–H and O–H groups in total. The number of fused-ring (bicyclic) bond motifs is 6. The highest BCUT2D eigenvalue weighted by Gasteiger charge is 2.17. The summed E-state index contributed by atoms with van der Waals surface area (Å²) in [6, 6.07) is 63.4. The molecule has 0 aliphatic rings. The fourth-order valence-corrected chi connectivity index (χ4v) is 6.46. The van der Waals surface area contributed by atoms with Gasteiger partial charge >= 0.3 is 0 Å². The van der Waals surface area contributed by atoms with Gasteiger partial charge in [-0.1, -0.05) is 133 Å². The average Bonchev–Trinajstić information content (AvgIpc) is 3.10. The number of benzene rings is 8. The molecule has 0 heterocycles. The maximum Gasteiger partial charge on any atom is 0.0468 e. The van der Waals surface area contributed by atoms with Crippen molar-refractivity contribution in [3.8, 4) is 22.3 Å². The maximum absolute atomic E-state index is 2.39. The van der Waals surface area contributed by atoms with Crippen molar-refractivity contribution in [2.45, 2.75) is 0 Å². The van der Waals surface area contributed by atoms with Gasteiger partial charge in [0.1, 0.15) is 0 Å². The Kier molecular flexibility index (Phi) is 6.20. The number of hydrogen-bond donors (Lipinski definition) is 0. The Labute approximate surface area is 251 Å². The van der Waals surface area contributed by atoms with Crippen LogP contribution in [0.15, 0.2) is 176 Å². The second-order valence-corrected chi connectivity index (χ2v) is 11.0. The van der Waals surface area contributed by atoms with Crippen molar-refractivity contribution >= 4 is 49.4 Å². The lowest BCUT2D eigenvalue weighted by Crippen LogP contribution is -2.10. The highest BCUT2D eigenvalue weighted by atomic mass is 15.1. The summed E-state index contributed by atoms with van der Waals surface area (Å²) >= 11 is 0. The third kappa shape index (κ3) is 4.43. The van der Waals surface area contributed by atoms with Gasteiger partial charge in [0.2, 0.25) is 0 Å². The lowest BCUT2D eigenvalue weighted by molar-refractivity contribution is 1.28. The molecule has 8 rings (SSSR count). The highest BCUT2D eigenvalue weighted by molar-refractivity contribution is 6.25. The van der Waals surface area contributed by atoms with Crippen LogP contribution in [0.3, 0.4) is 0 Å². The van der Waals surface area contributed by atoms with Crippen LogP contribution >= 0.6 is 0 Å². The molecule has 0 amide bonds. The third-order valence-corrected chi connectivity index (χ3v) is 8.43. The predicted molar refractivity (Wildman–Crippen MR) is 185 cm³/mol. The van der Waals surface area contributed by atoms with E-state index in [4.69, 9.17) is 0 Å². The standard InChI is InChI=1S/C42H29N/c1-4-14-30(15-5-1)41-29-34(43(32-16-6-2-7-17-32)33-18-8-3-9-19-33)25-27-35(41)31-24-26-40-38-22-11-10-20-36(38)37-21-12-13-23-39(37)42(40)28-31/h1-29H. The molecule has 202 valence electrons. The van der Waals surface area contributed by atoms with E-state index < -0.39 is 0 Å². The zero-order valence-electron chi connectivity index (χ0n) is 23.7. The SMILES string of the molecule is c1ccc(-c2cc(N(c3ccccc3)c3ccccc3)ccc2-c2ccc3c4ccccc4c4ccccc4c3c2)cc1. The van der Waals surface area contributed by atoms with Gasteiger partial charge in [0.15, 0.2) is 0 Å². The van der Waals surface area contributed by atoms with Crippen LogP contribution in [0, 0.1) is 0 Å². The van der Waals surface area contributed by atoms with Crippen LogP contribution < -0.4 is 4.90 Å². The van der Waals surface area contributed by atoms with Gasteiger partial charge in [-0.15, -0.1) is 0 Å². The van der Waals surface area contributed by atoms with Crippen molar-refractivity contribution in [1.82, 2.24) is 0 Å². The second-order valence-electron chi connectivity index (χ2n) is 11.0. The Morgan fingerprint density at radius 3 is 1.28 bits per heavy atom. The van der Waals surface area contributed by atoms with Crippen molar-refractivity contribution in [3.63, 3.8) is 0 Å². The molecule has 0 fully saturated rings. The van der Waals surface area contributed by atoms with Gasteiger partial charge in [-0.3, -0.25) is 0 Å². The number of nitrogens with zero attached hydrogens (tertiary/aromatic N) is 1. The molecule has 0 bridgehead atoms. The fraction of sp³-hybridized carbons (Fsp3) is 0. The van der Waals surface area contributed by atoms with Gasteiger partial charge < -0.3 is 4.90 Å². The van der Waals surface area contributed by atoms with E-state index in [2.05, 4.69) is 181 Å². The first kappa shape index (κ1) is 25.1. The zero-order chi connectivity index (χ0) is 28.6. The molecule has 1 heteroatoms. The second kappa shape index (κ2) is 10.6. The summed E-state index contributed by atoms with van der Waals surface area (Å²) in [4.78, 5) is 2.33. The van der Waals surface area contributed by atoms with Crippen molar-refractivity contribution in [2.75, 3.05) is 4.90 Å². The van der Waals surface area contributed by atoms with Gasteiger partial charge in [-0.05, 0) is 97.0 Å². The van der Waals surface area contributed by atoms with Crippen molar-refractivity contribution < 1.29 is 0 Å². The lowest BCUT2D eigenvalue weighted by Gasteiger charge is -2.26. The van der Waals surface area contributed by atoms with E-state index in [0.29, 0.717) is 0 Å². The van der Waals surface area contributed by atoms with Crippen molar-refractivity contribution in [1.29, 1.82) is 0 Å². The van der Waals surface area contributed by atoms with E-state index in [0.717, 1.165) is 17.1 Å². The molecule has 43 heavy (non-hydrogen) atoms. The number of hydrogen-bond acceptors (Lipinski definition) is 1. The summed E-state index contributed by atoms with van der Waals surface area (Å²) < 4.78 is 0. The summed E-state index contributed by atoms with van der Waals surface area (Å²) in [5, 5.41) is 7.75. The molecule has 0 spiro atoms. The predicted octanol–water partition coefficient (Wildman–Crippen LogP) is 11.9. The summed E-state index contributed by atoms with van der Waals surface area (Å²) in [5.74, 6) is 0. The van der Waals surface area contributed by atoms with Gasteiger partial charge in [-0.2, -0.15) is 0 Å². The average molecular weight is 548 g/mol. The van der Waals surface area contributed by atoms with E-state index in [1.165, 1.54) is 54.6 Å². The fourth-order valence-electron chi connectivity index (χ4n) is 6.46. The minimum atomic E-state index is 1.12. The Hall–Kier alpha value is -5.66. The summed E-state index contributed by atoms with van der Waals surface area (Å²) in [5.41, 5.74) is 8.22. The first-order chi connectivity index (χ1) is 21.3. The van der Waals surface area contributed by atoms with Crippen molar-refractivity contribution in [2.24, 2.45) is 0 Å². The monoisotopic (exact) mass is 547 g/mol. The minimum Gasteiger partial charge on any atom is -0.310 e. The smallest absolute Gasteiger partial charge is 0.0468 e. The minimum absolute atomic E-state index is 1.12. The van der Waals surface area contributed by atoms with E-state index in [9.17, 15) is 0 Å². The topological polar surface area (TPSA) is 3.24 Å². The van der Waals surface area contributed by atoms with Crippen molar-refractivity contribution in [3.05, 3.63) is 176 Å². The Morgan fingerprint density at radius 1 is 0.256 bits per heavy atom. The normalized spacial score (nSPS) is 11.3. The Bertz CT molecular complexity index is 2140. The molecule has 0 aliphatic carbocycles. The van der Waals surface area contributed by atoms with Crippen LogP contribution in [0.1, 0.15) is 0 Å². The largest absolute Gasteiger partial charge is 0.310 e.